The molecule has 3 aromatic rings. The summed E-state index contributed by atoms with van der Waals surface area (Å²) in [4.78, 5) is 21.3. The van der Waals surface area contributed by atoms with Gasteiger partial charge in [0.1, 0.15) is 23.5 Å². The Morgan fingerprint density at radius 3 is 2.73 bits per heavy atom. The quantitative estimate of drug-likeness (QED) is 0.720. The molecule has 0 spiro atoms. The molecule has 2 heterocycles. The molecule has 0 radical (unpaired) electrons. The largest absolute Gasteiger partial charge is 0.480 e. The minimum Gasteiger partial charge on any atom is -0.480 e. The van der Waals surface area contributed by atoms with Crippen molar-refractivity contribution in [3.63, 3.8) is 0 Å². The Morgan fingerprint density at radius 1 is 1.32 bits per heavy atom. The Hall–Kier alpha value is -1.99. The lowest BCUT2D eigenvalue weighted by Gasteiger charge is -2.07. The monoisotopic (exact) mass is 377 g/mol. The van der Waals surface area contributed by atoms with Crippen molar-refractivity contribution in [1.82, 2.24) is 9.97 Å². The number of aryl methyl sites for hydroxylation is 1. The van der Waals surface area contributed by atoms with Crippen LogP contribution in [0.5, 0.6) is 0 Å². The number of aliphatic carboxylic acids is 1. The van der Waals surface area contributed by atoms with E-state index in [4.69, 9.17) is 5.11 Å². The minimum atomic E-state index is -0.927. The molecule has 0 saturated heterocycles. The number of hydrogen-bond acceptors (Lipinski definition) is 5. The van der Waals surface area contributed by atoms with E-state index in [9.17, 15) is 4.79 Å². The summed E-state index contributed by atoms with van der Waals surface area (Å²) >= 11 is 5.01. The van der Waals surface area contributed by atoms with Crippen LogP contribution in [0.3, 0.4) is 0 Å². The maximum atomic E-state index is 10.8. The zero-order valence-corrected chi connectivity index (χ0v) is 14.0. The average Bonchev–Trinajstić information content (AvgIpc) is 2.82. The number of nitrogens with zero attached hydrogens (tertiary/aromatic N) is 2. The first-order valence-corrected chi connectivity index (χ1v) is 8.13. The Bertz CT molecular complexity index is 846. The predicted octanol–water partition coefficient (Wildman–Crippen LogP) is 3.93. The maximum absolute atomic E-state index is 10.8. The molecular weight excluding hydrogens is 366 g/mol. The van der Waals surface area contributed by atoms with E-state index in [-0.39, 0.29) is 6.54 Å². The van der Waals surface area contributed by atoms with E-state index in [1.54, 1.807) is 11.3 Å². The van der Waals surface area contributed by atoms with Crippen LogP contribution in [0.1, 0.15) is 4.88 Å². The molecule has 0 saturated carbocycles. The highest BCUT2D eigenvalue weighted by Crippen LogP contribution is 2.40. The molecule has 0 aliphatic rings. The second-order valence-electron chi connectivity index (χ2n) is 4.69. The van der Waals surface area contributed by atoms with E-state index in [1.165, 1.54) is 6.33 Å². The Labute approximate surface area is 139 Å². The summed E-state index contributed by atoms with van der Waals surface area (Å²) in [6, 6.07) is 8.00. The van der Waals surface area contributed by atoms with Crippen molar-refractivity contribution in [2.75, 3.05) is 11.9 Å². The lowest BCUT2D eigenvalue weighted by atomic mass is 10.0. The first kappa shape index (κ1) is 14.9. The summed E-state index contributed by atoms with van der Waals surface area (Å²) in [5.74, 6) is -0.376. The van der Waals surface area contributed by atoms with E-state index < -0.39 is 5.97 Å². The fraction of sp³-hybridized carbons (Fsp3) is 0.133. The molecule has 1 aromatic carbocycles. The van der Waals surface area contributed by atoms with Gasteiger partial charge < -0.3 is 10.4 Å². The molecule has 0 fully saturated rings. The second-order valence-corrected chi connectivity index (χ2v) is 6.81. The third kappa shape index (κ3) is 2.82. The summed E-state index contributed by atoms with van der Waals surface area (Å²) in [5, 5.41) is 12.6. The number of anilines is 1. The third-order valence-corrected chi connectivity index (χ3v) is 4.75. The van der Waals surface area contributed by atoms with Crippen LogP contribution < -0.4 is 5.32 Å². The lowest BCUT2D eigenvalue weighted by molar-refractivity contribution is -0.134. The molecule has 0 atom stereocenters. The van der Waals surface area contributed by atoms with Crippen LogP contribution in [0, 0.1) is 6.92 Å². The van der Waals surface area contributed by atoms with Gasteiger partial charge in [-0.15, -0.1) is 11.3 Å². The molecule has 0 aliphatic heterocycles. The van der Waals surface area contributed by atoms with Gasteiger partial charge >= 0.3 is 5.97 Å². The highest BCUT2D eigenvalue weighted by molar-refractivity contribution is 9.10. The van der Waals surface area contributed by atoms with Gasteiger partial charge in [-0.1, -0.05) is 28.1 Å². The van der Waals surface area contributed by atoms with Crippen molar-refractivity contribution in [2.24, 2.45) is 0 Å². The van der Waals surface area contributed by atoms with Crippen molar-refractivity contribution >= 4 is 49.3 Å². The standard InChI is InChI=1S/C15H12BrN3O2S/c1-8-12(9-2-4-10(16)5-3-9)13-14(17-6-11(20)21)18-7-19-15(13)22-8/h2-5,7H,6H2,1H3,(H,20,21)(H,17,18,19). The average molecular weight is 378 g/mol. The molecule has 0 bridgehead atoms. The second kappa shape index (κ2) is 6.02. The summed E-state index contributed by atoms with van der Waals surface area (Å²) in [6.45, 7) is 1.85. The Morgan fingerprint density at radius 2 is 2.05 bits per heavy atom. The van der Waals surface area contributed by atoms with Crippen LogP contribution >= 0.6 is 27.3 Å². The number of rotatable bonds is 4. The number of halogens is 1. The molecule has 7 heteroatoms. The van der Waals surface area contributed by atoms with Crippen molar-refractivity contribution in [1.29, 1.82) is 0 Å². The van der Waals surface area contributed by atoms with Crippen LogP contribution in [-0.4, -0.2) is 27.6 Å². The summed E-state index contributed by atoms with van der Waals surface area (Å²) in [6.07, 6.45) is 1.45. The van der Waals surface area contributed by atoms with E-state index in [0.717, 1.165) is 30.7 Å². The van der Waals surface area contributed by atoms with E-state index in [2.05, 4.69) is 31.2 Å². The van der Waals surface area contributed by atoms with E-state index in [0.29, 0.717) is 5.82 Å². The van der Waals surface area contributed by atoms with Gasteiger partial charge in [-0.05, 0) is 24.6 Å². The van der Waals surface area contributed by atoms with Crippen molar-refractivity contribution in [3.8, 4) is 11.1 Å². The van der Waals surface area contributed by atoms with Crippen LogP contribution in [0.15, 0.2) is 35.1 Å². The third-order valence-electron chi connectivity index (χ3n) is 3.20. The van der Waals surface area contributed by atoms with Gasteiger partial charge in [-0.2, -0.15) is 0 Å². The maximum Gasteiger partial charge on any atom is 0.322 e. The fourth-order valence-electron chi connectivity index (χ4n) is 2.30. The van der Waals surface area contributed by atoms with Gasteiger partial charge in [-0.3, -0.25) is 4.79 Å². The first-order chi connectivity index (χ1) is 10.6. The summed E-state index contributed by atoms with van der Waals surface area (Å²) in [7, 11) is 0. The van der Waals surface area contributed by atoms with Gasteiger partial charge in [-0.25, -0.2) is 9.97 Å². The molecule has 22 heavy (non-hydrogen) atoms. The predicted molar refractivity (Wildman–Crippen MR) is 91.4 cm³/mol. The SMILES string of the molecule is Cc1sc2ncnc(NCC(=O)O)c2c1-c1ccc(Br)cc1. The van der Waals surface area contributed by atoms with Crippen molar-refractivity contribution < 1.29 is 9.90 Å². The zero-order valence-electron chi connectivity index (χ0n) is 11.6. The van der Waals surface area contributed by atoms with Crippen LogP contribution in [0.4, 0.5) is 5.82 Å². The van der Waals surface area contributed by atoms with Gasteiger partial charge in [0.15, 0.2) is 0 Å². The Balaban J connectivity index is 2.18. The fourth-order valence-corrected chi connectivity index (χ4v) is 3.58. The molecule has 2 N–H and O–H groups in total. The molecule has 2 aromatic heterocycles. The number of aromatic nitrogens is 2. The molecule has 0 unspecified atom stereocenters. The normalized spacial score (nSPS) is 10.8. The van der Waals surface area contributed by atoms with Crippen LogP contribution in [0.2, 0.25) is 0 Å². The highest BCUT2D eigenvalue weighted by Gasteiger charge is 2.16. The number of carboxylic acid groups (broad SMARTS) is 1. The minimum absolute atomic E-state index is 0.180. The number of fused-ring (bicyclic) bond motifs is 1. The summed E-state index contributed by atoms with van der Waals surface area (Å²) < 4.78 is 1.01. The summed E-state index contributed by atoms with van der Waals surface area (Å²) in [5.41, 5.74) is 2.10. The number of benzene rings is 1. The topological polar surface area (TPSA) is 75.1 Å². The van der Waals surface area contributed by atoms with Crippen molar-refractivity contribution in [2.45, 2.75) is 6.92 Å². The van der Waals surface area contributed by atoms with Crippen molar-refractivity contribution in [3.05, 3.63) is 39.9 Å². The number of carboxylic acids is 1. The molecule has 112 valence electrons. The molecule has 3 rings (SSSR count). The number of thiophene rings is 1. The smallest absolute Gasteiger partial charge is 0.322 e. The first-order valence-electron chi connectivity index (χ1n) is 6.52. The molecule has 0 amide bonds. The number of nitrogens with one attached hydrogen (secondary N) is 1. The van der Waals surface area contributed by atoms with Gasteiger partial charge in [0.05, 0.1) is 5.39 Å². The van der Waals surface area contributed by atoms with Gasteiger partial charge in [0, 0.05) is 14.9 Å². The number of hydrogen-bond donors (Lipinski definition) is 2. The van der Waals surface area contributed by atoms with Crippen LogP contribution in [-0.2, 0) is 4.79 Å². The van der Waals surface area contributed by atoms with Crippen LogP contribution in [0.25, 0.3) is 21.3 Å². The van der Waals surface area contributed by atoms with Gasteiger partial charge in [0.2, 0.25) is 0 Å². The van der Waals surface area contributed by atoms with E-state index >= 15 is 0 Å². The van der Waals surface area contributed by atoms with Gasteiger partial charge in [0.25, 0.3) is 0 Å². The lowest BCUT2D eigenvalue weighted by Crippen LogP contribution is -2.13. The zero-order chi connectivity index (χ0) is 15.7. The Kier molecular flexibility index (Phi) is 4.08. The molecule has 0 aliphatic carbocycles. The molecular formula is C15H12BrN3O2S. The highest BCUT2D eigenvalue weighted by atomic mass is 79.9. The van der Waals surface area contributed by atoms with E-state index in [1.807, 2.05) is 31.2 Å². The number of carbonyl (C=O) groups is 1. The molecule has 5 nitrogen and oxygen atoms in total.